The van der Waals surface area contributed by atoms with Gasteiger partial charge < -0.3 is 0 Å². The van der Waals surface area contributed by atoms with Crippen molar-refractivity contribution in [2.45, 2.75) is 37.6 Å². The summed E-state index contributed by atoms with van der Waals surface area (Å²) in [4.78, 5) is 0.271. The molecule has 0 aromatic carbocycles. The van der Waals surface area contributed by atoms with E-state index in [1.807, 2.05) is 0 Å². The minimum atomic E-state index is 0.135. The lowest BCUT2D eigenvalue weighted by Gasteiger charge is -2.10. The molecule has 0 saturated carbocycles. The number of azo groups is 1. The molecule has 0 fully saturated rings. The molecule has 0 heterocycles. The highest BCUT2D eigenvalue weighted by Gasteiger charge is 2.10. The van der Waals surface area contributed by atoms with Gasteiger partial charge in [-0.15, -0.1) is 0 Å². The van der Waals surface area contributed by atoms with Crippen molar-refractivity contribution in [2.75, 3.05) is 0 Å². The molecule has 2 atom stereocenters. The number of rotatable bonds is 4. The van der Waals surface area contributed by atoms with Gasteiger partial charge >= 0.3 is 0 Å². The van der Waals surface area contributed by atoms with Crippen LogP contribution in [0.3, 0.4) is 0 Å². The van der Waals surface area contributed by atoms with E-state index in [0.717, 1.165) is 0 Å². The van der Waals surface area contributed by atoms with E-state index in [1.165, 1.54) is 0 Å². The summed E-state index contributed by atoms with van der Waals surface area (Å²) in [5.41, 5.74) is 0. The van der Waals surface area contributed by atoms with E-state index in [2.05, 4.69) is 69.8 Å². The molecule has 0 bridgehead atoms. The maximum absolute atomic E-state index is 4.14. The molecule has 0 aromatic rings. The molecule has 0 radical (unpaired) electrons. The third-order valence-corrected chi connectivity index (χ3v) is 3.87. The molecule has 0 amide bonds. The maximum atomic E-state index is 4.14. The molecule has 0 aliphatic carbocycles. The predicted octanol–water partition coefficient (Wildman–Crippen LogP) is 4.19. The fourth-order valence-electron chi connectivity index (χ4n) is 0.394. The monoisotopic (exact) mass is 298 g/mol. The first kappa shape index (κ1) is 12.6. The number of halogens is 2. The third kappa shape index (κ3) is 5.25. The van der Waals surface area contributed by atoms with Crippen LogP contribution in [-0.2, 0) is 0 Å². The van der Waals surface area contributed by atoms with Crippen molar-refractivity contribution in [2.24, 2.45) is 22.1 Å². The van der Waals surface area contributed by atoms with Crippen LogP contribution in [0.5, 0.6) is 0 Å². The van der Waals surface area contributed by atoms with Gasteiger partial charge in [-0.05, 0) is 11.8 Å². The maximum Gasteiger partial charge on any atom is 0.128 e. The van der Waals surface area contributed by atoms with Gasteiger partial charge in [0.15, 0.2) is 0 Å². The van der Waals surface area contributed by atoms with E-state index in [1.54, 1.807) is 0 Å². The molecule has 2 nitrogen and oxygen atoms in total. The van der Waals surface area contributed by atoms with Crippen molar-refractivity contribution in [1.29, 1.82) is 0 Å². The summed E-state index contributed by atoms with van der Waals surface area (Å²) in [6.45, 7) is 8.43. The van der Waals surface area contributed by atoms with Crippen LogP contribution in [0.15, 0.2) is 10.2 Å². The Hall–Kier alpha value is 0.560. The van der Waals surface area contributed by atoms with E-state index < -0.39 is 0 Å². The van der Waals surface area contributed by atoms with Crippen molar-refractivity contribution >= 4 is 31.9 Å². The van der Waals surface area contributed by atoms with Crippen LogP contribution in [0.2, 0.25) is 0 Å². The quantitative estimate of drug-likeness (QED) is 0.422. The standard InChI is InChI=1S/C8H16Br2N2/c1-5(2)7(9)11-12-8(10)6(3)4/h5-8H,1-4H3. The summed E-state index contributed by atoms with van der Waals surface area (Å²) in [6, 6.07) is 0. The lowest BCUT2D eigenvalue weighted by Crippen LogP contribution is -2.06. The van der Waals surface area contributed by atoms with Crippen LogP contribution in [0.4, 0.5) is 0 Å². The minimum absolute atomic E-state index is 0.135. The van der Waals surface area contributed by atoms with E-state index in [4.69, 9.17) is 0 Å². The lowest BCUT2D eigenvalue weighted by atomic mass is 10.2. The molecular formula is C8H16Br2N2. The van der Waals surface area contributed by atoms with Crippen molar-refractivity contribution in [3.8, 4) is 0 Å². The largest absolute Gasteiger partial charge is 0.178 e. The Morgan fingerprint density at radius 2 is 1.00 bits per heavy atom. The van der Waals surface area contributed by atoms with Gasteiger partial charge in [-0.25, -0.2) is 0 Å². The van der Waals surface area contributed by atoms with Crippen LogP contribution in [0.25, 0.3) is 0 Å². The third-order valence-electron chi connectivity index (χ3n) is 1.39. The molecule has 0 rings (SSSR count). The zero-order chi connectivity index (χ0) is 9.72. The molecule has 12 heavy (non-hydrogen) atoms. The van der Waals surface area contributed by atoms with Gasteiger partial charge in [0.2, 0.25) is 0 Å². The average molecular weight is 300 g/mol. The Labute approximate surface area is 91.5 Å². The van der Waals surface area contributed by atoms with Crippen molar-refractivity contribution in [3.05, 3.63) is 0 Å². The van der Waals surface area contributed by atoms with Crippen LogP contribution >= 0.6 is 31.9 Å². The fourth-order valence-corrected chi connectivity index (χ4v) is 0.606. The van der Waals surface area contributed by atoms with Gasteiger partial charge in [0, 0.05) is 0 Å². The van der Waals surface area contributed by atoms with Gasteiger partial charge in [-0.3, -0.25) is 0 Å². The topological polar surface area (TPSA) is 24.7 Å². The molecule has 0 spiro atoms. The summed E-state index contributed by atoms with van der Waals surface area (Å²) in [6.07, 6.45) is 0. The predicted molar refractivity (Wildman–Crippen MR) is 60.0 cm³/mol. The Morgan fingerprint density at radius 1 is 0.750 bits per heavy atom. The molecule has 2 unspecified atom stereocenters. The first-order chi connectivity index (χ1) is 5.45. The molecular weight excluding hydrogens is 284 g/mol. The number of hydrogen-bond acceptors (Lipinski definition) is 2. The zero-order valence-electron chi connectivity index (χ0n) is 7.96. The highest BCUT2D eigenvalue weighted by Crippen LogP contribution is 2.18. The van der Waals surface area contributed by atoms with Crippen molar-refractivity contribution in [1.82, 2.24) is 0 Å². The van der Waals surface area contributed by atoms with Gasteiger partial charge in [-0.1, -0.05) is 59.6 Å². The second-order valence-corrected chi connectivity index (χ2v) is 5.34. The van der Waals surface area contributed by atoms with Crippen molar-refractivity contribution < 1.29 is 0 Å². The normalized spacial score (nSPS) is 17.7. The molecule has 0 aromatic heterocycles. The molecule has 4 heteroatoms. The van der Waals surface area contributed by atoms with E-state index in [9.17, 15) is 0 Å². The number of nitrogens with zero attached hydrogens (tertiary/aromatic N) is 2. The van der Waals surface area contributed by atoms with Crippen LogP contribution in [0, 0.1) is 11.8 Å². The SMILES string of the molecule is CC(C)C(Br)N=NC(Br)C(C)C. The van der Waals surface area contributed by atoms with Crippen molar-refractivity contribution in [3.63, 3.8) is 0 Å². The molecule has 0 aliphatic rings. The summed E-state index contributed by atoms with van der Waals surface area (Å²) in [7, 11) is 0. The van der Waals surface area contributed by atoms with Gasteiger partial charge in [0.1, 0.15) is 9.90 Å². The highest BCUT2D eigenvalue weighted by atomic mass is 79.9. The first-order valence-electron chi connectivity index (χ1n) is 4.13. The summed E-state index contributed by atoms with van der Waals surface area (Å²) in [5, 5.41) is 8.28. The molecule has 0 saturated heterocycles. The Kier molecular flexibility index (Phi) is 6.36. The molecule has 0 aliphatic heterocycles. The van der Waals surface area contributed by atoms with E-state index >= 15 is 0 Å². The summed E-state index contributed by atoms with van der Waals surface area (Å²) < 4.78 is 0. The van der Waals surface area contributed by atoms with Crippen LogP contribution in [-0.4, -0.2) is 9.90 Å². The van der Waals surface area contributed by atoms with Crippen LogP contribution < -0.4 is 0 Å². The number of hydrogen-bond donors (Lipinski definition) is 0. The second-order valence-electron chi connectivity index (χ2n) is 3.46. The Morgan fingerprint density at radius 3 is 1.17 bits per heavy atom. The fraction of sp³-hybridized carbons (Fsp3) is 1.00. The second kappa shape index (κ2) is 6.08. The van der Waals surface area contributed by atoms with Gasteiger partial charge in [-0.2, -0.15) is 10.2 Å². The van der Waals surface area contributed by atoms with Gasteiger partial charge in [0.25, 0.3) is 0 Å². The smallest absolute Gasteiger partial charge is 0.128 e. The van der Waals surface area contributed by atoms with E-state index in [0.29, 0.717) is 11.8 Å². The summed E-state index contributed by atoms with van der Waals surface area (Å²) in [5.74, 6) is 0.973. The Bertz CT molecular complexity index is 130. The average Bonchev–Trinajstić information content (AvgIpc) is 1.98. The highest BCUT2D eigenvalue weighted by molar-refractivity contribution is 9.09. The molecule has 72 valence electrons. The zero-order valence-corrected chi connectivity index (χ0v) is 11.1. The van der Waals surface area contributed by atoms with E-state index in [-0.39, 0.29) is 9.90 Å². The Balaban J connectivity index is 3.89. The number of alkyl halides is 2. The first-order valence-corrected chi connectivity index (χ1v) is 5.96. The summed E-state index contributed by atoms with van der Waals surface area (Å²) >= 11 is 6.88. The molecule has 0 N–H and O–H groups in total. The lowest BCUT2D eigenvalue weighted by molar-refractivity contribution is 0.562. The van der Waals surface area contributed by atoms with Gasteiger partial charge in [0.05, 0.1) is 0 Å². The minimum Gasteiger partial charge on any atom is -0.178 e. The van der Waals surface area contributed by atoms with Crippen LogP contribution in [0.1, 0.15) is 27.7 Å².